The van der Waals surface area contributed by atoms with Crippen molar-refractivity contribution in [2.75, 3.05) is 22.5 Å². The number of hydrogen-bond donors (Lipinski definition) is 1. The van der Waals surface area contributed by atoms with Crippen LogP contribution in [0.15, 0.2) is 42.5 Å². The first-order valence-electron chi connectivity index (χ1n) is 9.11. The average molecular weight is 473 g/mol. The van der Waals surface area contributed by atoms with E-state index >= 15 is 0 Å². The summed E-state index contributed by atoms with van der Waals surface area (Å²) in [7, 11) is -3.80. The van der Waals surface area contributed by atoms with Crippen LogP contribution < -0.4 is 9.62 Å². The Hall–Kier alpha value is -2.29. The zero-order valence-electron chi connectivity index (χ0n) is 16.7. The maximum Gasteiger partial charge on any atom is 0.339 e. The van der Waals surface area contributed by atoms with Crippen LogP contribution in [0.25, 0.3) is 0 Å². The lowest BCUT2D eigenvalue weighted by atomic mass is 10.1. The zero-order valence-corrected chi connectivity index (χ0v) is 19.0. The summed E-state index contributed by atoms with van der Waals surface area (Å²) in [5.74, 6) is -1.19. The Morgan fingerprint density at radius 3 is 2.40 bits per heavy atom. The Bertz CT molecular complexity index is 1040. The molecule has 0 unspecified atom stereocenters. The maximum atomic E-state index is 13.0. The number of nitrogens with one attached hydrogen (secondary N) is 1. The van der Waals surface area contributed by atoms with Gasteiger partial charge < -0.3 is 10.1 Å². The van der Waals surface area contributed by atoms with E-state index in [1.807, 2.05) is 0 Å². The highest BCUT2D eigenvalue weighted by Gasteiger charge is 2.31. The minimum absolute atomic E-state index is 0.0965. The van der Waals surface area contributed by atoms with Crippen molar-refractivity contribution in [3.63, 3.8) is 0 Å². The second-order valence-corrected chi connectivity index (χ2v) is 9.07. The molecule has 2 aromatic carbocycles. The van der Waals surface area contributed by atoms with Crippen LogP contribution in [0, 0.1) is 0 Å². The third kappa shape index (κ3) is 5.87. The predicted molar refractivity (Wildman–Crippen MR) is 119 cm³/mol. The molecule has 0 saturated carbocycles. The quantitative estimate of drug-likeness (QED) is 0.576. The number of benzene rings is 2. The van der Waals surface area contributed by atoms with Crippen molar-refractivity contribution in [2.24, 2.45) is 0 Å². The van der Waals surface area contributed by atoms with E-state index in [0.717, 1.165) is 10.6 Å². The second kappa shape index (κ2) is 10.1. The van der Waals surface area contributed by atoms with E-state index < -0.39 is 27.9 Å². The largest absolute Gasteiger partial charge is 0.462 e. The van der Waals surface area contributed by atoms with E-state index in [2.05, 4.69) is 5.32 Å². The summed E-state index contributed by atoms with van der Waals surface area (Å²) in [6.07, 6.45) is 1.22. The van der Waals surface area contributed by atoms with Crippen molar-refractivity contribution >= 4 is 56.5 Å². The molecule has 0 aliphatic heterocycles. The van der Waals surface area contributed by atoms with E-state index in [-0.39, 0.29) is 35.0 Å². The number of anilines is 2. The summed E-state index contributed by atoms with van der Waals surface area (Å²) >= 11 is 12.1. The number of rotatable bonds is 8. The third-order valence-electron chi connectivity index (χ3n) is 4.12. The summed E-state index contributed by atoms with van der Waals surface area (Å²) in [4.78, 5) is 25.0. The number of esters is 1. The fraction of sp³-hybridized carbons (Fsp3) is 0.300. The van der Waals surface area contributed by atoms with Gasteiger partial charge in [0.2, 0.25) is 15.9 Å². The molecule has 1 amide bonds. The van der Waals surface area contributed by atoms with E-state index in [1.54, 1.807) is 32.0 Å². The molecule has 0 aliphatic carbocycles. The van der Waals surface area contributed by atoms with Gasteiger partial charge in [0.15, 0.2) is 0 Å². The molecule has 0 bridgehead atoms. The van der Waals surface area contributed by atoms with Crippen molar-refractivity contribution in [3.8, 4) is 0 Å². The van der Waals surface area contributed by atoms with Crippen molar-refractivity contribution < 1.29 is 22.7 Å². The van der Waals surface area contributed by atoms with Crippen LogP contribution in [0.2, 0.25) is 10.0 Å². The fourth-order valence-electron chi connectivity index (χ4n) is 2.87. The summed E-state index contributed by atoms with van der Waals surface area (Å²) in [6.45, 7) is 3.53. The minimum Gasteiger partial charge on any atom is -0.462 e. The van der Waals surface area contributed by atoms with E-state index in [4.69, 9.17) is 27.9 Å². The van der Waals surface area contributed by atoms with Gasteiger partial charge in [-0.25, -0.2) is 13.2 Å². The van der Waals surface area contributed by atoms with Crippen LogP contribution >= 0.6 is 23.2 Å². The highest BCUT2D eigenvalue weighted by Crippen LogP contribution is 2.27. The lowest BCUT2D eigenvalue weighted by Crippen LogP contribution is -2.47. The van der Waals surface area contributed by atoms with Gasteiger partial charge in [-0.3, -0.25) is 9.10 Å². The number of nitrogens with zero attached hydrogens (tertiary/aromatic N) is 1. The molecular formula is C20H22Cl2N2O5S. The number of carbonyl (C=O) groups excluding carboxylic acids is 2. The van der Waals surface area contributed by atoms with Gasteiger partial charge in [-0.15, -0.1) is 0 Å². The normalized spacial score (nSPS) is 12.2. The Morgan fingerprint density at radius 2 is 1.83 bits per heavy atom. The number of carbonyl (C=O) groups is 2. The van der Waals surface area contributed by atoms with Crippen LogP contribution in [-0.4, -0.2) is 39.2 Å². The van der Waals surface area contributed by atoms with Gasteiger partial charge in [0, 0.05) is 10.7 Å². The topological polar surface area (TPSA) is 92.8 Å². The van der Waals surface area contributed by atoms with Crippen molar-refractivity contribution in [2.45, 2.75) is 26.3 Å². The van der Waals surface area contributed by atoms with Gasteiger partial charge in [0.1, 0.15) is 6.04 Å². The molecular weight excluding hydrogens is 451 g/mol. The number of amides is 1. The number of sulfonamides is 1. The molecule has 7 nitrogen and oxygen atoms in total. The molecule has 162 valence electrons. The molecule has 2 rings (SSSR count). The highest BCUT2D eigenvalue weighted by molar-refractivity contribution is 7.92. The van der Waals surface area contributed by atoms with Crippen molar-refractivity contribution in [1.29, 1.82) is 0 Å². The predicted octanol–water partition coefficient (Wildman–Crippen LogP) is 4.35. The average Bonchev–Trinajstić information content (AvgIpc) is 2.66. The Kier molecular flexibility index (Phi) is 8.11. The van der Waals surface area contributed by atoms with E-state index in [9.17, 15) is 18.0 Å². The standard InChI is InChI=1S/C20H22Cl2N2O5S/c1-4-18(24(30(3,27)28)15-8-6-7-13(21)11-15)19(25)23-14-9-10-17(22)16(12-14)20(26)29-5-2/h6-12,18H,4-5H2,1-3H3,(H,23,25)/t18-/m0/s1. The molecule has 10 heteroatoms. The minimum atomic E-state index is -3.80. The molecule has 0 saturated heterocycles. The Balaban J connectivity index is 2.37. The molecule has 0 fully saturated rings. The number of halogens is 2. The van der Waals surface area contributed by atoms with E-state index in [0.29, 0.717) is 5.02 Å². The summed E-state index contributed by atoms with van der Waals surface area (Å²) in [5.41, 5.74) is 0.653. The molecule has 1 atom stereocenters. The highest BCUT2D eigenvalue weighted by atomic mass is 35.5. The van der Waals surface area contributed by atoms with Crippen LogP contribution in [0.1, 0.15) is 30.6 Å². The van der Waals surface area contributed by atoms with Gasteiger partial charge in [-0.05, 0) is 49.7 Å². The summed E-state index contributed by atoms with van der Waals surface area (Å²) in [6, 6.07) is 9.55. The number of hydrogen-bond acceptors (Lipinski definition) is 5. The van der Waals surface area contributed by atoms with Gasteiger partial charge in [0.25, 0.3) is 0 Å². The lowest BCUT2D eigenvalue weighted by molar-refractivity contribution is -0.117. The summed E-state index contributed by atoms with van der Waals surface area (Å²) < 4.78 is 30.9. The first kappa shape index (κ1) is 24.0. The summed E-state index contributed by atoms with van der Waals surface area (Å²) in [5, 5.41) is 3.17. The molecule has 0 spiro atoms. The third-order valence-corrected chi connectivity index (χ3v) is 5.87. The van der Waals surface area contributed by atoms with Crippen LogP contribution in [0.3, 0.4) is 0 Å². The van der Waals surface area contributed by atoms with Crippen LogP contribution in [0.4, 0.5) is 11.4 Å². The van der Waals surface area contributed by atoms with Gasteiger partial charge in [-0.2, -0.15) is 0 Å². The molecule has 0 heterocycles. The van der Waals surface area contributed by atoms with Crippen LogP contribution in [0.5, 0.6) is 0 Å². The smallest absolute Gasteiger partial charge is 0.339 e. The Morgan fingerprint density at radius 1 is 1.13 bits per heavy atom. The molecule has 30 heavy (non-hydrogen) atoms. The van der Waals surface area contributed by atoms with Gasteiger partial charge in [-0.1, -0.05) is 36.2 Å². The van der Waals surface area contributed by atoms with Crippen LogP contribution in [-0.2, 0) is 19.6 Å². The molecule has 1 N–H and O–H groups in total. The molecule has 0 aliphatic rings. The number of ether oxygens (including phenoxy) is 1. The van der Waals surface area contributed by atoms with Crippen molar-refractivity contribution in [1.82, 2.24) is 0 Å². The van der Waals surface area contributed by atoms with Gasteiger partial charge >= 0.3 is 5.97 Å². The van der Waals surface area contributed by atoms with E-state index in [1.165, 1.54) is 24.3 Å². The first-order valence-corrected chi connectivity index (χ1v) is 11.7. The lowest BCUT2D eigenvalue weighted by Gasteiger charge is -2.30. The first-order chi connectivity index (χ1) is 14.1. The second-order valence-electron chi connectivity index (χ2n) is 6.37. The fourth-order valence-corrected chi connectivity index (χ4v) is 4.45. The SMILES string of the molecule is CCOC(=O)c1cc(NC(=O)[C@H](CC)N(c2cccc(Cl)c2)S(C)(=O)=O)ccc1Cl. The molecule has 0 aromatic heterocycles. The maximum absolute atomic E-state index is 13.0. The van der Waals surface area contributed by atoms with Crippen molar-refractivity contribution in [3.05, 3.63) is 58.1 Å². The molecule has 0 radical (unpaired) electrons. The monoisotopic (exact) mass is 472 g/mol. The Labute approximate surface area is 186 Å². The van der Waals surface area contributed by atoms with Gasteiger partial charge in [0.05, 0.1) is 29.1 Å². The molecule has 2 aromatic rings. The zero-order chi connectivity index (χ0) is 22.5.